The fourth-order valence-electron chi connectivity index (χ4n) is 5.09. The molecule has 0 saturated heterocycles. The smallest absolute Gasteiger partial charge is 0.324 e. The maximum atomic E-state index is 13.5. The van der Waals surface area contributed by atoms with E-state index in [1.165, 1.54) is 42.4 Å². The van der Waals surface area contributed by atoms with Gasteiger partial charge >= 0.3 is 12.0 Å². The third-order valence-electron chi connectivity index (χ3n) is 6.90. The number of anilines is 1. The van der Waals surface area contributed by atoms with Gasteiger partial charge in [-0.1, -0.05) is 48.8 Å². The molecule has 4 rings (SSSR count). The van der Waals surface area contributed by atoms with E-state index in [9.17, 15) is 9.59 Å². The normalized spacial score (nSPS) is 20.8. The number of ether oxygens (including phenoxy) is 1. The van der Waals surface area contributed by atoms with Gasteiger partial charge in [-0.3, -0.25) is 10.1 Å². The molecule has 190 valence electrons. The highest BCUT2D eigenvalue weighted by molar-refractivity contribution is 8.01. The van der Waals surface area contributed by atoms with Crippen LogP contribution in [-0.2, 0) is 4.79 Å². The molecule has 2 amide bonds. The second-order valence-corrected chi connectivity index (χ2v) is 11.8. The molecule has 1 heterocycles. The molecular formula is C26H35N3O4S2. The third kappa shape index (κ3) is 7.87. The van der Waals surface area contributed by atoms with Crippen LogP contribution < -0.4 is 10.1 Å². The minimum atomic E-state index is -0.806. The summed E-state index contributed by atoms with van der Waals surface area (Å²) >= 11 is 2.88. The molecule has 2 saturated carbocycles. The molecule has 2 fully saturated rings. The summed E-state index contributed by atoms with van der Waals surface area (Å²) in [5.41, 5.74) is 0. The van der Waals surface area contributed by atoms with Gasteiger partial charge in [0.25, 0.3) is 0 Å². The first-order chi connectivity index (χ1) is 17.1. The van der Waals surface area contributed by atoms with Gasteiger partial charge in [0.2, 0.25) is 0 Å². The number of urea groups is 1. The molecule has 9 heteroatoms. The van der Waals surface area contributed by atoms with E-state index in [0.717, 1.165) is 55.1 Å². The summed E-state index contributed by atoms with van der Waals surface area (Å²) in [6, 6.07) is 10.5. The van der Waals surface area contributed by atoms with E-state index < -0.39 is 5.97 Å². The number of nitrogens with zero attached hydrogens (tertiary/aromatic N) is 2. The predicted molar refractivity (Wildman–Crippen MR) is 141 cm³/mol. The first-order valence-electron chi connectivity index (χ1n) is 12.7. The minimum absolute atomic E-state index is 0.0441. The fraction of sp³-hybridized carbons (Fsp3) is 0.577. The molecule has 35 heavy (non-hydrogen) atoms. The van der Waals surface area contributed by atoms with Gasteiger partial charge in [-0.05, 0) is 56.6 Å². The Hall–Kier alpha value is -2.26. The summed E-state index contributed by atoms with van der Waals surface area (Å²) in [6.07, 6.45) is 11.7. The number of hydrogen-bond acceptors (Lipinski definition) is 6. The monoisotopic (exact) mass is 517 g/mol. The number of carbonyl (C=O) groups excluding carboxylic acids is 1. The van der Waals surface area contributed by atoms with Gasteiger partial charge in [0.05, 0.1) is 23.4 Å². The van der Waals surface area contributed by atoms with Crippen LogP contribution in [0.15, 0.2) is 40.7 Å². The first kappa shape index (κ1) is 25.8. The maximum absolute atomic E-state index is 13.5. The van der Waals surface area contributed by atoms with Gasteiger partial charge in [0.1, 0.15) is 5.75 Å². The minimum Gasteiger partial charge on any atom is -0.493 e. The van der Waals surface area contributed by atoms with Gasteiger partial charge in [-0.15, -0.1) is 11.8 Å². The molecular weight excluding hydrogens is 482 g/mol. The number of aromatic nitrogens is 1. The van der Waals surface area contributed by atoms with Crippen LogP contribution in [0.2, 0.25) is 0 Å². The highest BCUT2D eigenvalue weighted by atomic mass is 32.2. The van der Waals surface area contributed by atoms with Crippen molar-refractivity contribution in [2.45, 2.75) is 80.5 Å². The van der Waals surface area contributed by atoms with Crippen molar-refractivity contribution >= 4 is 40.2 Å². The number of hydrogen-bond donors (Lipinski definition) is 2. The number of thioether (sulfide) groups is 1. The van der Waals surface area contributed by atoms with Gasteiger partial charge in [0, 0.05) is 17.8 Å². The number of amides is 2. The van der Waals surface area contributed by atoms with Gasteiger partial charge in [0.15, 0.2) is 5.13 Å². The molecule has 1 aromatic carbocycles. The molecule has 2 N–H and O–H groups in total. The van der Waals surface area contributed by atoms with Gasteiger partial charge in [-0.2, -0.15) is 0 Å². The van der Waals surface area contributed by atoms with E-state index in [2.05, 4.69) is 15.2 Å². The van der Waals surface area contributed by atoms with Crippen molar-refractivity contribution in [1.82, 2.24) is 9.88 Å². The number of nitrogens with one attached hydrogen (secondary N) is 1. The molecule has 0 spiro atoms. The van der Waals surface area contributed by atoms with Crippen molar-refractivity contribution in [2.24, 2.45) is 5.92 Å². The number of benzene rings is 1. The number of carbonyl (C=O) groups is 2. The maximum Gasteiger partial charge on any atom is 0.324 e. The molecule has 1 aromatic heterocycles. The van der Waals surface area contributed by atoms with E-state index in [4.69, 9.17) is 9.84 Å². The topological polar surface area (TPSA) is 91.8 Å². The molecule has 2 aliphatic carbocycles. The van der Waals surface area contributed by atoms with Crippen molar-refractivity contribution in [3.63, 3.8) is 0 Å². The van der Waals surface area contributed by atoms with Gasteiger partial charge < -0.3 is 14.7 Å². The number of aliphatic carboxylic acids is 1. The average molecular weight is 518 g/mol. The van der Waals surface area contributed by atoms with Crippen LogP contribution in [-0.4, -0.2) is 51.4 Å². The molecule has 7 nitrogen and oxygen atoms in total. The zero-order valence-corrected chi connectivity index (χ0v) is 21.7. The molecule has 0 bridgehead atoms. The van der Waals surface area contributed by atoms with Crippen LogP contribution in [0.25, 0.3) is 0 Å². The van der Waals surface area contributed by atoms with E-state index in [1.807, 2.05) is 30.3 Å². The van der Waals surface area contributed by atoms with E-state index in [-0.39, 0.29) is 24.5 Å². The lowest BCUT2D eigenvalue weighted by Crippen LogP contribution is -2.51. The highest BCUT2D eigenvalue weighted by Crippen LogP contribution is 2.34. The fourth-order valence-corrected chi connectivity index (χ4v) is 6.96. The standard InChI is InChI=1S/C26H35N3O4S2/c30-23(31)15-16-34-24-17-27-25(35-24)28-26(32)29(20-7-3-1-4-8-20)21-13-11-19(12-14-21)18-33-22-9-5-2-6-10-22/h2,5-6,9-10,17,19-21H,1,3-4,7-8,11-16,18H2,(H,30,31)(H,27,28,32)/t19-,21-. The van der Waals surface area contributed by atoms with Crippen LogP contribution >= 0.6 is 23.1 Å². The highest BCUT2D eigenvalue weighted by Gasteiger charge is 2.34. The second-order valence-electron chi connectivity index (χ2n) is 9.40. The lowest BCUT2D eigenvalue weighted by molar-refractivity contribution is -0.136. The van der Waals surface area contributed by atoms with Crippen molar-refractivity contribution in [1.29, 1.82) is 0 Å². The third-order valence-corrected chi connectivity index (χ3v) is 9.01. The molecule has 0 unspecified atom stereocenters. The van der Waals surface area contributed by atoms with Crippen LogP contribution in [0, 0.1) is 5.92 Å². The zero-order chi connectivity index (χ0) is 24.5. The summed E-state index contributed by atoms with van der Waals surface area (Å²) in [5.74, 6) is 1.13. The Bertz CT molecular complexity index is 941. The Kier molecular flexibility index (Phi) is 9.71. The zero-order valence-electron chi connectivity index (χ0n) is 20.1. The number of thiazole rings is 1. The molecule has 2 aliphatic rings. The van der Waals surface area contributed by atoms with Crippen molar-refractivity contribution in [3.8, 4) is 5.75 Å². The quantitative estimate of drug-likeness (QED) is 0.349. The number of carboxylic acids is 1. The second kappa shape index (κ2) is 13.2. The summed E-state index contributed by atoms with van der Waals surface area (Å²) in [4.78, 5) is 30.7. The summed E-state index contributed by atoms with van der Waals surface area (Å²) in [6.45, 7) is 0.730. The Labute approximate surface area is 215 Å². The Morgan fingerprint density at radius 1 is 1.06 bits per heavy atom. The van der Waals surface area contributed by atoms with E-state index >= 15 is 0 Å². The predicted octanol–water partition coefficient (Wildman–Crippen LogP) is 6.51. The Morgan fingerprint density at radius 2 is 1.77 bits per heavy atom. The summed E-state index contributed by atoms with van der Waals surface area (Å²) < 4.78 is 6.91. The average Bonchev–Trinajstić information content (AvgIpc) is 3.31. The van der Waals surface area contributed by atoms with Crippen LogP contribution in [0.4, 0.5) is 9.93 Å². The Balaban J connectivity index is 1.33. The lowest BCUT2D eigenvalue weighted by Gasteiger charge is -2.42. The molecule has 0 atom stereocenters. The summed E-state index contributed by atoms with van der Waals surface area (Å²) in [7, 11) is 0. The van der Waals surface area contributed by atoms with E-state index in [1.54, 1.807) is 6.20 Å². The van der Waals surface area contributed by atoms with Crippen LogP contribution in [0.3, 0.4) is 0 Å². The molecule has 0 aliphatic heterocycles. The SMILES string of the molecule is O=C(O)CCSc1cnc(NC(=O)N(C2CCCCC2)[C@H]2CC[C@H](COc3ccccc3)CC2)s1. The van der Waals surface area contributed by atoms with Crippen molar-refractivity contribution < 1.29 is 19.4 Å². The van der Waals surface area contributed by atoms with Gasteiger partial charge in [-0.25, -0.2) is 9.78 Å². The number of rotatable bonds is 10. The van der Waals surface area contributed by atoms with Crippen LogP contribution in [0.1, 0.15) is 64.2 Å². The van der Waals surface area contributed by atoms with Crippen molar-refractivity contribution in [2.75, 3.05) is 17.7 Å². The number of para-hydroxylation sites is 1. The lowest BCUT2D eigenvalue weighted by atomic mass is 9.84. The first-order valence-corrected chi connectivity index (χ1v) is 14.5. The van der Waals surface area contributed by atoms with Crippen LogP contribution in [0.5, 0.6) is 5.75 Å². The molecule has 2 aromatic rings. The van der Waals surface area contributed by atoms with E-state index in [0.29, 0.717) is 16.8 Å². The number of carboxylic acid groups (broad SMARTS) is 1. The summed E-state index contributed by atoms with van der Waals surface area (Å²) in [5, 5.41) is 12.5. The van der Waals surface area contributed by atoms with Crippen molar-refractivity contribution in [3.05, 3.63) is 36.5 Å². The largest absolute Gasteiger partial charge is 0.493 e. The Morgan fingerprint density at radius 3 is 2.49 bits per heavy atom. The molecule has 0 radical (unpaired) electrons.